The average molecular weight is 212 g/mol. The van der Waals surface area contributed by atoms with Gasteiger partial charge in [-0.25, -0.2) is 0 Å². The summed E-state index contributed by atoms with van der Waals surface area (Å²) in [4.78, 5) is 22.5. The zero-order valence-electron chi connectivity index (χ0n) is 8.40. The number of carbonyl (C=O) groups excluding carboxylic acids is 1. The number of hydrogen-bond acceptors (Lipinski definition) is 3. The predicted octanol–water partition coefficient (Wildman–Crippen LogP) is 2.02. The van der Waals surface area contributed by atoms with Crippen LogP contribution in [0.25, 0.3) is 11.3 Å². The molecule has 1 heterocycles. The van der Waals surface area contributed by atoms with Gasteiger partial charge in [0.15, 0.2) is 11.7 Å². The van der Waals surface area contributed by atoms with Gasteiger partial charge in [-0.1, -0.05) is 24.3 Å². The molecule has 1 aliphatic carbocycles. The maximum Gasteiger partial charge on any atom is 0.199 e. The van der Waals surface area contributed by atoms with Crippen LogP contribution in [0.5, 0.6) is 0 Å². The Morgan fingerprint density at radius 3 is 2.88 bits per heavy atom. The van der Waals surface area contributed by atoms with E-state index in [9.17, 15) is 9.59 Å². The van der Waals surface area contributed by atoms with Gasteiger partial charge >= 0.3 is 0 Å². The normalized spacial score (nSPS) is 12.0. The molecule has 1 aromatic heterocycles. The van der Waals surface area contributed by atoms with Crippen molar-refractivity contribution in [3.8, 4) is 11.3 Å². The topological polar surface area (TPSA) is 47.3 Å². The van der Waals surface area contributed by atoms with Crippen molar-refractivity contribution in [2.45, 2.75) is 6.42 Å². The molecule has 0 fully saturated rings. The number of fused-ring (bicyclic) bond motifs is 3. The highest BCUT2D eigenvalue weighted by molar-refractivity contribution is 5.78. The Kier molecular flexibility index (Phi) is 1.80. The van der Waals surface area contributed by atoms with E-state index in [-0.39, 0.29) is 11.0 Å². The lowest BCUT2D eigenvalue weighted by molar-refractivity contribution is 0.112. The Morgan fingerprint density at radius 1 is 1.25 bits per heavy atom. The average Bonchev–Trinajstić information content (AvgIpc) is 2.69. The van der Waals surface area contributed by atoms with Crippen LogP contribution in [0.1, 0.15) is 21.5 Å². The van der Waals surface area contributed by atoms with Gasteiger partial charge in [-0.05, 0) is 5.56 Å². The van der Waals surface area contributed by atoms with Crippen molar-refractivity contribution in [3.05, 3.63) is 57.4 Å². The summed E-state index contributed by atoms with van der Waals surface area (Å²) in [5.74, 6) is 0.603. The molecule has 0 bridgehead atoms. The van der Waals surface area contributed by atoms with Gasteiger partial charge in [0.2, 0.25) is 0 Å². The van der Waals surface area contributed by atoms with Gasteiger partial charge in [0.25, 0.3) is 0 Å². The molecule has 3 nitrogen and oxygen atoms in total. The Morgan fingerprint density at radius 2 is 2.06 bits per heavy atom. The first-order chi connectivity index (χ1) is 7.81. The van der Waals surface area contributed by atoms with Gasteiger partial charge in [-0.2, -0.15) is 0 Å². The molecule has 0 saturated heterocycles. The molecule has 1 aliphatic rings. The van der Waals surface area contributed by atoms with Crippen LogP contribution in [-0.2, 0) is 6.42 Å². The minimum absolute atomic E-state index is 0.0894. The SMILES string of the molecule is O=Cc1coc2c(c1=O)Cc1ccccc1-2. The van der Waals surface area contributed by atoms with Crippen molar-refractivity contribution in [2.24, 2.45) is 0 Å². The summed E-state index contributed by atoms with van der Waals surface area (Å²) >= 11 is 0. The summed E-state index contributed by atoms with van der Waals surface area (Å²) in [6.07, 6.45) is 2.32. The summed E-state index contributed by atoms with van der Waals surface area (Å²) in [5, 5.41) is 0. The molecule has 0 spiro atoms. The van der Waals surface area contributed by atoms with Gasteiger partial charge in [0, 0.05) is 17.5 Å². The number of benzene rings is 1. The van der Waals surface area contributed by atoms with Gasteiger partial charge < -0.3 is 4.42 Å². The molecule has 3 rings (SSSR count). The Bertz CT molecular complexity index is 638. The van der Waals surface area contributed by atoms with Crippen LogP contribution >= 0.6 is 0 Å². The van der Waals surface area contributed by atoms with Crippen molar-refractivity contribution < 1.29 is 9.21 Å². The smallest absolute Gasteiger partial charge is 0.199 e. The molecular formula is C13H8O3. The zero-order chi connectivity index (χ0) is 11.1. The summed E-state index contributed by atoms with van der Waals surface area (Å²) in [5.41, 5.74) is 2.48. The highest BCUT2D eigenvalue weighted by Gasteiger charge is 2.24. The fourth-order valence-electron chi connectivity index (χ4n) is 2.08. The van der Waals surface area contributed by atoms with E-state index in [0.717, 1.165) is 11.1 Å². The first-order valence-electron chi connectivity index (χ1n) is 4.99. The first kappa shape index (κ1) is 9.09. The molecule has 0 atom stereocenters. The minimum atomic E-state index is -0.215. The maximum absolute atomic E-state index is 11.9. The highest BCUT2D eigenvalue weighted by atomic mass is 16.3. The lowest BCUT2D eigenvalue weighted by Crippen LogP contribution is -2.12. The van der Waals surface area contributed by atoms with Crippen molar-refractivity contribution in [1.82, 2.24) is 0 Å². The third-order valence-electron chi connectivity index (χ3n) is 2.87. The molecule has 16 heavy (non-hydrogen) atoms. The summed E-state index contributed by atoms with van der Waals surface area (Å²) < 4.78 is 5.37. The van der Waals surface area contributed by atoms with Crippen LogP contribution in [0.3, 0.4) is 0 Å². The molecule has 0 unspecified atom stereocenters. The quantitative estimate of drug-likeness (QED) is 0.580. The van der Waals surface area contributed by atoms with Crippen LogP contribution in [0, 0.1) is 0 Å². The van der Waals surface area contributed by atoms with E-state index in [0.29, 0.717) is 24.0 Å². The van der Waals surface area contributed by atoms with Crippen molar-refractivity contribution in [1.29, 1.82) is 0 Å². The summed E-state index contributed by atoms with van der Waals surface area (Å²) in [6, 6.07) is 7.72. The van der Waals surface area contributed by atoms with Gasteiger partial charge in [0.05, 0.1) is 5.56 Å². The van der Waals surface area contributed by atoms with E-state index in [1.54, 1.807) is 0 Å². The highest BCUT2D eigenvalue weighted by Crippen LogP contribution is 2.34. The second-order valence-corrected chi connectivity index (χ2v) is 3.78. The molecule has 2 aromatic rings. The zero-order valence-corrected chi connectivity index (χ0v) is 8.40. The third-order valence-corrected chi connectivity index (χ3v) is 2.87. The van der Waals surface area contributed by atoms with Gasteiger partial charge in [0.1, 0.15) is 12.0 Å². The second-order valence-electron chi connectivity index (χ2n) is 3.78. The molecule has 0 radical (unpaired) electrons. The monoisotopic (exact) mass is 212 g/mol. The molecule has 0 amide bonds. The van der Waals surface area contributed by atoms with Crippen molar-refractivity contribution in [3.63, 3.8) is 0 Å². The standard InChI is InChI=1S/C13H8O3/c14-6-9-7-16-13-10-4-2-1-3-8(10)5-11(13)12(9)15/h1-4,6-7H,5H2. The number of rotatable bonds is 1. The van der Waals surface area contributed by atoms with Crippen LogP contribution in [0.15, 0.2) is 39.7 Å². The second kappa shape index (κ2) is 3.17. The molecular weight excluding hydrogens is 204 g/mol. The van der Waals surface area contributed by atoms with Crippen LogP contribution < -0.4 is 5.43 Å². The molecule has 0 N–H and O–H groups in total. The molecule has 1 aromatic carbocycles. The van der Waals surface area contributed by atoms with Crippen LogP contribution in [0.4, 0.5) is 0 Å². The van der Waals surface area contributed by atoms with Gasteiger partial charge in [-0.3, -0.25) is 9.59 Å². The van der Waals surface area contributed by atoms with Crippen LogP contribution in [-0.4, -0.2) is 6.29 Å². The Balaban J connectivity index is 2.33. The molecule has 0 aliphatic heterocycles. The summed E-state index contributed by atoms with van der Waals surface area (Å²) in [7, 11) is 0. The maximum atomic E-state index is 11.9. The fraction of sp³-hybridized carbons (Fsp3) is 0.0769. The van der Waals surface area contributed by atoms with Gasteiger partial charge in [-0.15, -0.1) is 0 Å². The largest absolute Gasteiger partial charge is 0.463 e. The molecule has 0 saturated carbocycles. The summed E-state index contributed by atoms with van der Waals surface area (Å²) in [6.45, 7) is 0. The van der Waals surface area contributed by atoms with E-state index >= 15 is 0 Å². The fourth-order valence-corrected chi connectivity index (χ4v) is 2.08. The Hall–Kier alpha value is -2.16. The minimum Gasteiger partial charge on any atom is -0.463 e. The lowest BCUT2D eigenvalue weighted by Gasteiger charge is -1.98. The lowest BCUT2D eigenvalue weighted by atomic mass is 10.1. The van der Waals surface area contributed by atoms with E-state index < -0.39 is 0 Å². The van der Waals surface area contributed by atoms with E-state index in [2.05, 4.69) is 0 Å². The van der Waals surface area contributed by atoms with Crippen molar-refractivity contribution in [2.75, 3.05) is 0 Å². The number of carbonyl (C=O) groups is 1. The van der Waals surface area contributed by atoms with Crippen molar-refractivity contribution >= 4 is 6.29 Å². The van der Waals surface area contributed by atoms with Crippen LogP contribution in [0.2, 0.25) is 0 Å². The predicted molar refractivity (Wildman–Crippen MR) is 58.6 cm³/mol. The third kappa shape index (κ3) is 1.08. The molecule has 3 heteroatoms. The number of aldehydes is 1. The molecule has 78 valence electrons. The van der Waals surface area contributed by atoms with E-state index in [1.807, 2.05) is 24.3 Å². The number of hydrogen-bond donors (Lipinski definition) is 0. The first-order valence-corrected chi connectivity index (χ1v) is 4.99. The van der Waals surface area contributed by atoms with E-state index in [4.69, 9.17) is 4.42 Å². The van der Waals surface area contributed by atoms with E-state index in [1.165, 1.54) is 6.26 Å². The Labute approximate surface area is 91.3 Å².